The molecule has 0 radical (unpaired) electrons. The molecular weight excluding hydrogens is 282 g/mol. The summed E-state index contributed by atoms with van der Waals surface area (Å²) < 4.78 is 24.9. The van der Waals surface area contributed by atoms with Crippen molar-refractivity contribution in [1.29, 1.82) is 0 Å². The van der Waals surface area contributed by atoms with Crippen molar-refractivity contribution in [2.24, 2.45) is 5.92 Å². The number of imidazole rings is 1. The average Bonchev–Trinajstić information content (AvgIpc) is 2.97. The molecule has 104 valence electrons. The largest absolute Gasteiger partial charge is 0.311 e. The van der Waals surface area contributed by atoms with E-state index in [9.17, 15) is 8.42 Å². The highest BCUT2D eigenvalue weighted by atomic mass is 32.2. The molecule has 7 heteroatoms. The Morgan fingerprint density at radius 2 is 2.42 bits per heavy atom. The van der Waals surface area contributed by atoms with Gasteiger partial charge >= 0.3 is 0 Å². The fourth-order valence-corrected chi connectivity index (χ4v) is 5.22. The van der Waals surface area contributed by atoms with Crippen LogP contribution in [-0.2, 0) is 16.4 Å². The molecule has 19 heavy (non-hydrogen) atoms. The number of aromatic nitrogens is 2. The minimum atomic E-state index is -2.77. The first-order valence-corrected chi connectivity index (χ1v) is 9.07. The molecule has 1 fully saturated rings. The highest BCUT2D eigenvalue weighted by molar-refractivity contribution is 7.91. The smallest absolute Gasteiger partial charge is 0.194 e. The maximum Gasteiger partial charge on any atom is 0.194 e. The molecule has 1 saturated heterocycles. The van der Waals surface area contributed by atoms with Crippen LogP contribution in [0.3, 0.4) is 0 Å². The minimum Gasteiger partial charge on any atom is -0.311 e. The van der Waals surface area contributed by atoms with Gasteiger partial charge in [0, 0.05) is 18.1 Å². The minimum absolute atomic E-state index is 0.260. The molecule has 2 aromatic heterocycles. The van der Waals surface area contributed by atoms with E-state index >= 15 is 0 Å². The van der Waals surface area contributed by atoms with Crippen molar-refractivity contribution < 1.29 is 8.42 Å². The van der Waals surface area contributed by atoms with Gasteiger partial charge in [-0.25, -0.2) is 13.4 Å². The summed E-state index contributed by atoms with van der Waals surface area (Å²) >= 11 is 1.63. The van der Waals surface area contributed by atoms with Gasteiger partial charge in [-0.2, -0.15) is 0 Å². The monoisotopic (exact) mass is 299 g/mol. The normalized spacial score (nSPS) is 22.3. The zero-order valence-electron chi connectivity index (χ0n) is 10.8. The van der Waals surface area contributed by atoms with Crippen LogP contribution in [0.25, 0.3) is 4.96 Å². The van der Waals surface area contributed by atoms with Gasteiger partial charge in [0.2, 0.25) is 0 Å². The molecule has 5 nitrogen and oxygen atoms in total. The van der Waals surface area contributed by atoms with E-state index in [1.165, 1.54) is 0 Å². The predicted molar refractivity (Wildman–Crippen MR) is 76.3 cm³/mol. The fraction of sp³-hybridized carbons (Fsp3) is 0.583. The van der Waals surface area contributed by atoms with E-state index in [1.807, 2.05) is 18.5 Å². The van der Waals surface area contributed by atoms with Crippen molar-refractivity contribution in [1.82, 2.24) is 14.7 Å². The van der Waals surface area contributed by atoms with E-state index in [0.29, 0.717) is 11.5 Å². The number of hydrogen-bond donors (Lipinski definition) is 1. The molecule has 2 aromatic rings. The van der Waals surface area contributed by atoms with Crippen LogP contribution in [0.5, 0.6) is 0 Å². The third-order valence-electron chi connectivity index (χ3n) is 3.61. The molecule has 1 aliphatic heterocycles. The van der Waals surface area contributed by atoms with Crippen molar-refractivity contribution in [3.8, 4) is 0 Å². The standard InChI is InChI=1S/C12H17N3O2S2/c1-9-11(15-3-4-18-12(15)14-9)7-13-6-10-2-5-19(16,17)8-10/h3-4,10,13H,2,5-8H2,1H3. The first kappa shape index (κ1) is 13.1. The second-order valence-electron chi connectivity index (χ2n) is 5.10. The second-order valence-corrected chi connectivity index (χ2v) is 8.20. The van der Waals surface area contributed by atoms with Crippen molar-refractivity contribution >= 4 is 26.1 Å². The van der Waals surface area contributed by atoms with Crippen LogP contribution in [0, 0.1) is 12.8 Å². The van der Waals surface area contributed by atoms with Crippen LogP contribution >= 0.6 is 11.3 Å². The fourth-order valence-electron chi connectivity index (χ4n) is 2.58. The molecule has 0 spiro atoms. The van der Waals surface area contributed by atoms with E-state index < -0.39 is 9.84 Å². The van der Waals surface area contributed by atoms with Gasteiger partial charge in [0.15, 0.2) is 14.8 Å². The molecule has 1 aliphatic rings. The van der Waals surface area contributed by atoms with Gasteiger partial charge in [-0.1, -0.05) is 0 Å². The molecule has 0 aliphatic carbocycles. The number of rotatable bonds is 4. The van der Waals surface area contributed by atoms with Crippen molar-refractivity contribution in [2.45, 2.75) is 19.9 Å². The summed E-state index contributed by atoms with van der Waals surface area (Å²) in [5, 5.41) is 5.39. The van der Waals surface area contributed by atoms with Crippen LogP contribution in [-0.4, -0.2) is 35.9 Å². The first-order chi connectivity index (χ1) is 9.05. The van der Waals surface area contributed by atoms with E-state index in [-0.39, 0.29) is 5.92 Å². The summed E-state index contributed by atoms with van der Waals surface area (Å²) in [6.07, 6.45) is 2.81. The predicted octanol–water partition coefficient (Wildman–Crippen LogP) is 1.23. The highest BCUT2D eigenvalue weighted by Gasteiger charge is 2.27. The maximum atomic E-state index is 11.4. The Hall–Kier alpha value is -0.920. The van der Waals surface area contributed by atoms with E-state index in [4.69, 9.17) is 0 Å². The molecule has 3 heterocycles. The van der Waals surface area contributed by atoms with Crippen LogP contribution < -0.4 is 5.32 Å². The molecule has 1 unspecified atom stereocenters. The molecule has 0 aromatic carbocycles. The first-order valence-electron chi connectivity index (χ1n) is 6.37. The number of nitrogens with one attached hydrogen (secondary N) is 1. The molecule has 3 rings (SSSR count). The molecule has 0 saturated carbocycles. The Balaban J connectivity index is 1.61. The van der Waals surface area contributed by atoms with E-state index in [2.05, 4.69) is 14.7 Å². The number of thiazole rings is 1. The second kappa shape index (κ2) is 4.88. The van der Waals surface area contributed by atoms with Gasteiger partial charge in [0.05, 0.1) is 22.9 Å². The summed E-state index contributed by atoms with van der Waals surface area (Å²) in [6, 6.07) is 0. The summed E-state index contributed by atoms with van der Waals surface area (Å²) in [6.45, 7) is 3.51. The highest BCUT2D eigenvalue weighted by Crippen LogP contribution is 2.19. The molecule has 1 N–H and O–H groups in total. The Morgan fingerprint density at radius 3 is 3.16 bits per heavy atom. The topological polar surface area (TPSA) is 63.5 Å². The van der Waals surface area contributed by atoms with Gasteiger partial charge in [-0.05, 0) is 25.8 Å². The zero-order valence-corrected chi connectivity index (χ0v) is 12.4. The van der Waals surface area contributed by atoms with Crippen LogP contribution in [0.4, 0.5) is 0 Å². The lowest BCUT2D eigenvalue weighted by atomic mass is 10.1. The van der Waals surface area contributed by atoms with Gasteiger partial charge < -0.3 is 5.32 Å². The van der Waals surface area contributed by atoms with Gasteiger partial charge in [0.1, 0.15) is 0 Å². The van der Waals surface area contributed by atoms with Crippen LogP contribution in [0.15, 0.2) is 11.6 Å². The lowest BCUT2D eigenvalue weighted by molar-refractivity contribution is 0.516. The van der Waals surface area contributed by atoms with Gasteiger partial charge in [-0.15, -0.1) is 11.3 Å². The van der Waals surface area contributed by atoms with Crippen LogP contribution in [0.1, 0.15) is 17.8 Å². The molecular formula is C12H17N3O2S2. The van der Waals surface area contributed by atoms with Crippen LogP contribution in [0.2, 0.25) is 0 Å². The summed E-state index contributed by atoms with van der Waals surface area (Å²) in [7, 11) is -2.77. The number of aryl methyl sites for hydroxylation is 1. The maximum absolute atomic E-state index is 11.4. The van der Waals surface area contributed by atoms with Crippen molar-refractivity contribution in [3.05, 3.63) is 23.0 Å². The van der Waals surface area contributed by atoms with E-state index in [0.717, 1.165) is 35.9 Å². The summed E-state index contributed by atoms with van der Waals surface area (Å²) in [4.78, 5) is 5.50. The zero-order chi connectivity index (χ0) is 13.5. The summed E-state index contributed by atoms with van der Waals surface area (Å²) in [5.74, 6) is 0.940. The van der Waals surface area contributed by atoms with Crippen molar-refractivity contribution in [3.63, 3.8) is 0 Å². The average molecular weight is 299 g/mol. The third kappa shape index (κ3) is 2.68. The Morgan fingerprint density at radius 1 is 1.58 bits per heavy atom. The molecule has 0 amide bonds. The SMILES string of the molecule is Cc1nc2sccn2c1CNCC1CCS(=O)(=O)C1. The number of hydrogen-bond acceptors (Lipinski definition) is 5. The lowest BCUT2D eigenvalue weighted by Gasteiger charge is -2.09. The Kier molecular flexibility index (Phi) is 3.36. The third-order valence-corrected chi connectivity index (χ3v) is 6.21. The number of nitrogens with zero attached hydrogens (tertiary/aromatic N) is 2. The number of fused-ring (bicyclic) bond motifs is 1. The summed E-state index contributed by atoms with van der Waals surface area (Å²) in [5.41, 5.74) is 2.20. The lowest BCUT2D eigenvalue weighted by Crippen LogP contribution is -2.24. The Labute approximate surface area is 116 Å². The number of sulfone groups is 1. The Bertz CT molecular complexity index is 687. The van der Waals surface area contributed by atoms with Crippen molar-refractivity contribution in [2.75, 3.05) is 18.1 Å². The molecule has 1 atom stereocenters. The van der Waals surface area contributed by atoms with Gasteiger partial charge in [0.25, 0.3) is 0 Å². The molecule has 0 bridgehead atoms. The quantitative estimate of drug-likeness (QED) is 0.922. The van der Waals surface area contributed by atoms with Gasteiger partial charge in [-0.3, -0.25) is 4.40 Å². The van der Waals surface area contributed by atoms with E-state index in [1.54, 1.807) is 11.3 Å².